The third-order valence-electron chi connectivity index (χ3n) is 7.00. The molecule has 0 radical (unpaired) electrons. The van der Waals surface area contributed by atoms with Gasteiger partial charge >= 0.3 is 21.7 Å². The van der Waals surface area contributed by atoms with Gasteiger partial charge in [-0.3, -0.25) is 0 Å². The van der Waals surface area contributed by atoms with E-state index in [-0.39, 0.29) is 58.0 Å². The summed E-state index contributed by atoms with van der Waals surface area (Å²) in [5, 5.41) is 1.27. The lowest BCUT2D eigenvalue weighted by atomic mass is 9.92. The summed E-state index contributed by atoms with van der Waals surface area (Å²) in [5.41, 5.74) is -5.23. The first-order chi connectivity index (χ1) is 22.0. The van der Waals surface area contributed by atoms with Gasteiger partial charge in [0.2, 0.25) is 5.88 Å². The van der Waals surface area contributed by atoms with Crippen LogP contribution in [0, 0.1) is 11.6 Å². The molecule has 0 unspecified atom stereocenters. The first-order valence-electron chi connectivity index (χ1n) is 14.1. The van der Waals surface area contributed by atoms with Gasteiger partial charge in [0, 0.05) is 48.2 Å². The van der Waals surface area contributed by atoms with Gasteiger partial charge < -0.3 is 23.3 Å². The second kappa shape index (κ2) is 12.9. The van der Waals surface area contributed by atoms with Crippen molar-refractivity contribution in [3.8, 4) is 34.0 Å². The molecule has 1 aliphatic rings. The molecule has 0 aliphatic carbocycles. The van der Waals surface area contributed by atoms with Crippen molar-refractivity contribution < 1.29 is 53.6 Å². The minimum absolute atomic E-state index is 0.00330. The molecule has 16 heteroatoms. The molecule has 0 atom stereocenters. The monoisotopic (exact) mass is 700 g/mol. The van der Waals surface area contributed by atoms with E-state index in [2.05, 4.69) is 9.17 Å². The molecule has 4 aromatic rings. The van der Waals surface area contributed by atoms with Crippen LogP contribution in [0.5, 0.6) is 11.6 Å². The van der Waals surface area contributed by atoms with Crippen molar-refractivity contribution in [2.45, 2.75) is 44.8 Å². The van der Waals surface area contributed by atoms with Gasteiger partial charge in [-0.2, -0.15) is 21.6 Å². The number of aromatic nitrogens is 1. The normalized spacial score (nSPS) is 13.9. The number of thiophene rings is 1. The largest absolute Gasteiger partial charge is 0.534 e. The Labute approximate surface area is 270 Å². The number of carbonyl (C=O) groups is 1. The Morgan fingerprint density at radius 2 is 1.77 bits per heavy atom. The van der Waals surface area contributed by atoms with Crippen LogP contribution in [0.1, 0.15) is 31.9 Å². The molecule has 0 bridgehead atoms. The van der Waals surface area contributed by atoms with E-state index in [0.29, 0.717) is 24.6 Å². The summed E-state index contributed by atoms with van der Waals surface area (Å²) >= 11 is 0.947. The smallest absolute Gasteiger partial charge is 0.490 e. The Kier molecular flexibility index (Phi) is 9.41. The number of hydrogen-bond acceptors (Lipinski definition) is 9. The van der Waals surface area contributed by atoms with E-state index in [1.54, 1.807) is 39.0 Å². The van der Waals surface area contributed by atoms with Crippen molar-refractivity contribution in [2.24, 2.45) is 0 Å². The van der Waals surface area contributed by atoms with E-state index in [9.17, 15) is 30.8 Å². The highest BCUT2D eigenvalue weighted by Crippen LogP contribution is 2.48. The molecule has 2 aromatic heterocycles. The van der Waals surface area contributed by atoms with Gasteiger partial charge in [-0.1, -0.05) is 12.1 Å². The molecule has 2 aromatic carbocycles. The molecule has 47 heavy (non-hydrogen) atoms. The zero-order chi connectivity index (χ0) is 34.3. The highest BCUT2D eigenvalue weighted by atomic mass is 32.2. The van der Waals surface area contributed by atoms with Crippen LogP contribution in [0.25, 0.3) is 32.5 Å². The second-order valence-corrected chi connectivity index (χ2v) is 14.0. The quantitative estimate of drug-likeness (QED) is 0.0808. The molecule has 5 rings (SSSR count). The number of nitrogens with zero attached hydrogens (tertiary/aromatic N) is 2. The fourth-order valence-corrected chi connectivity index (χ4v) is 6.35. The number of carbonyl (C=O) groups excluding carboxylic acids is 1. The van der Waals surface area contributed by atoms with Crippen LogP contribution in [0.4, 0.5) is 26.7 Å². The molecule has 9 nitrogen and oxygen atoms in total. The molecule has 1 amide bonds. The zero-order valence-electron chi connectivity index (χ0n) is 25.5. The van der Waals surface area contributed by atoms with Crippen molar-refractivity contribution in [2.75, 3.05) is 26.9 Å². The van der Waals surface area contributed by atoms with Crippen LogP contribution < -0.4 is 8.92 Å². The lowest BCUT2D eigenvalue weighted by Gasteiger charge is -2.31. The zero-order valence-corrected chi connectivity index (χ0v) is 27.2. The lowest BCUT2D eigenvalue weighted by molar-refractivity contribution is -0.0500. The highest BCUT2D eigenvalue weighted by molar-refractivity contribution is 7.88. The minimum atomic E-state index is -6.16. The number of benzene rings is 2. The van der Waals surface area contributed by atoms with Gasteiger partial charge in [-0.25, -0.2) is 18.6 Å². The first kappa shape index (κ1) is 34.3. The fraction of sp³-hybridized carbons (Fsp3) is 0.355. The molecule has 0 spiro atoms. The van der Waals surface area contributed by atoms with E-state index < -0.39 is 44.8 Å². The Morgan fingerprint density at radius 3 is 2.45 bits per heavy atom. The van der Waals surface area contributed by atoms with E-state index >= 15 is 4.39 Å². The Balaban J connectivity index is 1.74. The number of amides is 1. The van der Waals surface area contributed by atoms with Gasteiger partial charge in [-0.15, -0.1) is 11.3 Å². The van der Waals surface area contributed by atoms with E-state index in [1.807, 2.05) is 0 Å². The average molecular weight is 701 g/mol. The van der Waals surface area contributed by atoms with Crippen LogP contribution in [0.15, 0.2) is 41.8 Å². The predicted molar refractivity (Wildman–Crippen MR) is 164 cm³/mol. The molecule has 3 heterocycles. The summed E-state index contributed by atoms with van der Waals surface area (Å²) in [6.45, 7) is 5.63. The van der Waals surface area contributed by atoms with E-state index in [4.69, 9.17) is 14.2 Å². The number of rotatable bonds is 8. The number of fused-ring (bicyclic) bond motifs is 2. The second-order valence-electron chi connectivity index (χ2n) is 11.5. The van der Waals surface area contributed by atoms with Crippen LogP contribution in [0.2, 0.25) is 0 Å². The van der Waals surface area contributed by atoms with Crippen molar-refractivity contribution in [3.05, 3.63) is 64.5 Å². The van der Waals surface area contributed by atoms with Crippen LogP contribution in [-0.4, -0.2) is 62.4 Å². The van der Waals surface area contributed by atoms with Crippen molar-refractivity contribution in [1.29, 1.82) is 0 Å². The molecular formula is C31H29F5N2O7S2. The Morgan fingerprint density at radius 1 is 1.02 bits per heavy atom. The highest BCUT2D eigenvalue weighted by Gasteiger charge is 2.49. The summed E-state index contributed by atoms with van der Waals surface area (Å²) in [6.07, 6.45) is -0.0897. The van der Waals surface area contributed by atoms with Crippen LogP contribution in [-0.2, 0) is 32.6 Å². The predicted octanol–water partition coefficient (Wildman–Crippen LogP) is 7.46. The number of alkyl halides is 3. The number of methoxy groups -OCH3 is 1. The van der Waals surface area contributed by atoms with Gasteiger partial charge in [0.15, 0.2) is 0 Å². The molecule has 0 saturated carbocycles. The maximum absolute atomic E-state index is 15.8. The molecule has 1 aliphatic heterocycles. The third-order valence-corrected chi connectivity index (χ3v) is 8.88. The minimum Gasteiger partial charge on any atom is -0.490 e. The van der Waals surface area contributed by atoms with Gasteiger partial charge in [0.05, 0.1) is 23.3 Å². The number of ether oxygens (including phenoxy) is 3. The third kappa shape index (κ3) is 7.28. The molecule has 0 N–H and O–H groups in total. The maximum Gasteiger partial charge on any atom is 0.534 e. The van der Waals surface area contributed by atoms with Gasteiger partial charge in [0.1, 0.15) is 29.6 Å². The van der Waals surface area contributed by atoms with Crippen LogP contribution in [0.3, 0.4) is 0 Å². The standard InChI is InChI=1S/C31H29F5N2O7S2/c1-30(2,3)44-29(39)38-9-7-17-5-6-18(13-19(17)16-38)26-25(24-22(33)14-20(32)15-23(24)43-11-10-42-4)27-21(8-12-46-27)28(37-26)45-47(40,41)31(34,35)36/h5-6,8,12-15H,7,9-11,16H2,1-4H3. The Bertz CT molecular complexity index is 1940. The fourth-order valence-electron chi connectivity index (χ4n) is 4.98. The summed E-state index contributed by atoms with van der Waals surface area (Å²) in [5.74, 6) is -3.17. The molecule has 0 fully saturated rings. The maximum atomic E-state index is 15.8. The van der Waals surface area contributed by atoms with Gasteiger partial charge in [0.25, 0.3) is 0 Å². The topological polar surface area (TPSA) is 104 Å². The number of halogens is 5. The lowest BCUT2D eigenvalue weighted by Crippen LogP contribution is -2.39. The summed E-state index contributed by atoms with van der Waals surface area (Å²) in [4.78, 5) is 18.6. The molecule has 252 valence electrons. The Hall–Kier alpha value is -4.02. The molecular weight excluding hydrogens is 671 g/mol. The summed E-state index contributed by atoms with van der Waals surface area (Å²) in [7, 11) is -4.75. The van der Waals surface area contributed by atoms with Crippen LogP contribution >= 0.6 is 11.3 Å². The SMILES string of the molecule is COCCOc1cc(F)cc(F)c1-c1c(-c2ccc3c(c2)CN(C(=O)OC(C)(C)C)CC3)nc(OS(=O)(=O)C(F)(F)F)c2ccsc12. The first-order valence-corrected chi connectivity index (χ1v) is 16.4. The summed E-state index contributed by atoms with van der Waals surface area (Å²) < 4.78 is 115. The number of pyridine rings is 1. The molecule has 0 saturated heterocycles. The van der Waals surface area contributed by atoms with Gasteiger partial charge in [-0.05, 0) is 55.8 Å². The van der Waals surface area contributed by atoms with Crippen molar-refractivity contribution in [1.82, 2.24) is 9.88 Å². The number of hydrogen-bond donors (Lipinski definition) is 0. The van der Waals surface area contributed by atoms with Crippen molar-refractivity contribution >= 4 is 37.6 Å². The average Bonchev–Trinajstić information content (AvgIpc) is 3.46. The summed E-state index contributed by atoms with van der Waals surface area (Å²) in [6, 6.07) is 7.77. The van der Waals surface area contributed by atoms with E-state index in [0.717, 1.165) is 23.0 Å². The van der Waals surface area contributed by atoms with Crippen molar-refractivity contribution in [3.63, 3.8) is 0 Å². The van der Waals surface area contributed by atoms with E-state index in [1.165, 1.54) is 23.5 Å².